The lowest BCUT2D eigenvalue weighted by Gasteiger charge is -2.25. The van der Waals surface area contributed by atoms with Crippen LogP contribution in [0.25, 0.3) is 0 Å². The molecule has 8 heteroatoms. The Balaban J connectivity index is 1.52. The van der Waals surface area contributed by atoms with E-state index in [4.69, 9.17) is 16.3 Å². The molecule has 0 aromatic heterocycles. The highest BCUT2D eigenvalue weighted by Gasteiger charge is 2.24. The quantitative estimate of drug-likeness (QED) is 0.496. The molecule has 1 atom stereocenters. The number of nitrogens with zero attached hydrogens (tertiary/aromatic N) is 1. The van der Waals surface area contributed by atoms with Crippen LogP contribution < -0.4 is 10.6 Å². The van der Waals surface area contributed by atoms with Crippen molar-refractivity contribution in [2.75, 3.05) is 31.6 Å². The molecular formula is C26H32ClN3O4. The lowest BCUT2D eigenvalue weighted by atomic mass is 10.1. The highest BCUT2D eigenvalue weighted by molar-refractivity contribution is 6.30. The lowest BCUT2D eigenvalue weighted by Crippen LogP contribution is -2.42. The standard InChI is InChI=1S/C26H32ClN3O4/c1-18-6-3-8-23(19(18)2)29-24(31)17-30(16-22-7-5-15-34-22)25(32)9-4-14-28-26(33)20-10-12-21(27)13-11-20/h3,6,8,10-13,22H,4-5,7,9,14-17H2,1-2H3,(H,28,33)(H,29,31). The van der Waals surface area contributed by atoms with Crippen molar-refractivity contribution in [1.29, 1.82) is 0 Å². The second-order valence-electron chi connectivity index (χ2n) is 8.57. The first kappa shape index (κ1) is 25.7. The Morgan fingerprint density at radius 2 is 1.88 bits per heavy atom. The van der Waals surface area contributed by atoms with Gasteiger partial charge in [-0.15, -0.1) is 0 Å². The molecular weight excluding hydrogens is 454 g/mol. The summed E-state index contributed by atoms with van der Waals surface area (Å²) in [7, 11) is 0. The smallest absolute Gasteiger partial charge is 0.251 e. The average Bonchev–Trinajstić information content (AvgIpc) is 3.32. The molecule has 182 valence electrons. The fourth-order valence-corrected chi connectivity index (χ4v) is 3.97. The maximum absolute atomic E-state index is 13.0. The van der Waals surface area contributed by atoms with E-state index in [0.717, 1.165) is 29.7 Å². The zero-order valence-electron chi connectivity index (χ0n) is 19.7. The summed E-state index contributed by atoms with van der Waals surface area (Å²) in [6, 6.07) is 12.4. The second-order valence-corrected chi connectivity index (χ2v) is 9.01. The summed E-state index contributed by atoms with van der Waals surface area (Å²) in [4.78, 5) is 39.5. The number of rotatable bonds is 10. The predicted molar refractivity (Wildman–Crippen MR) is 133 cm³/mol. The molecule has 0 spiro atoms. The molecule has 0 aliphatic carbocycles. The molecule has 1 heterocycles. The number of benzene rings is 2. The van der Waals surface area contributed by atoms with Crippen molar-refractivity contribution in [1.82, 2.24) is 10.2 Å². The van der Waals surface area contributed by atoms with Gasteiger partial charge < -0.3 is 20.3 Å². The summed E-state index contributed by atoms with van der Waals surface area (Å²) in [6.07, 6.45) is 2.47. The molecule has 1 aliphatic heterocycles. The van der Waals surface area contributed by atoms with Gasteiger partial charge in [-0.25, -0.2) is 0 Å². The molecule has 7 nitrogen and oxygen atoms in total. The number of aryl methyl sites for hydroxylation is 1. The first-order chi connectivity index (χ1) is 16.3. The van der Waals surface area contributed by atoms with Crippen LogP contribution in [0.15, 0.2) is 42.5 Å². The van der Waals surface area contributed by atoms with Crippen molar-refractivity contribution in [2.45, 2.75) is 45.6 Å². The van der Waals surface area contributed by atoms with E-state index in [1.807, 2.05) is 32.0 Å². The minimum atomic E-state index is -0.240. The fourth-order valence-electron chi connectivity index (χ4n) is 3.84. The van der Waals surface area contributed by atoms with Crippen LogP contribution in [-0.2, 0) is 14.3 Å². The van der Waals surface area contributed by atoms with Gasteiger partial charge in [-0.05, 0) is 74.6 Å². The molecule has 0 bridgehead atoms. The van der Waals surface area contributed by atoms with Gasteiger partial charge in [-0.2, -0.15) is 0 Å². The van der Waals surface area contributed by atoms with Gasteiger partial charge in [0.2, 0.25) is 11.8 Å². The van der Waals surface area contributed by atoms with Gasteiger partial charge in [0, 0.05) is 42.4 Å². The summed E-state index contributed by atoms with van der Waals surface area (Å²) in [5.41, 5.74) is 3.35. The second kappa shape index (κ2) is 12.5. The molecule has 2 aromatic rings. The monoisotopic (exact) mass is 485 g/mol. The van der Waals surface area contributed by atoms with Gasteiger partial charge in [0.15, 0.2) is 0 Å². The fraction of sp³-hybridized carbons (Fsp3) is 0.423. The number of anilines is 1. The molecule has 1 fully saturated rings. The molecule has 3 rings (SSSR count). The summed E-state index contributed by atoms with van der Waals surface area (Å²) < 4.78 is 5.69. The Kier molecular flexibility index (Phi) is 9.48. The van der Waals surface area contributed by atoms with Crippen LogP contribution in [0.4, 0.5) is 5.69 Å². The highest BCUT2D eigenvalue weighted by Crippen LogP contribution is 2.19. The zero-order valence-corrected chi connectivity index (χ0v) is 20.5. The number of amides is 3. The number of carbonyl (C=O) groups is 3. The van der Waals surface area contributed by atoms with Gasteiger partial charge in [-0.1, -0.05) is 23.7 Å². The van der Waals surface area contributed by atoms with Gasteiger partial charge >= 0.3 is 0 Å². The number of halogens is 1. The summed E-state index contributed by atoms with van der Waals surface area (Å²) in [6.45, 7) is 5.33. The molecule has 3 amide bonds. The zero-order chi connectivity index (χ0) is 24.5. The molecule has 0 saturated carbocycles. The van der Waals surface area contributed by atoms with Crippen molar-refractivity contribution >= 4 is 35.0 Å². The van der Waals surface area contributed by atoms with E-state index in [9.17, 15) is 14.4 Å². The van der Waals surface area contributed by atoms with Gasteiger partial charge in [0.25, 0.3) is 5.91 Å². The average molecular weight is 486 g/mol. The summed E-state index contributed by atoms with van der Waals surface area (Å²) >= 11 is 5.85. The van der Waals surface area contributed by atoms with E-state index in [1.165, 1.54) is 0 Å². The number of hydrogen-bond donors (Lipinski definition) is 2. The molecule has 1 saturated heterocycles. The van der Waals surface area contributed by atoms with E-state index < -0.39 is 0 Å². The maximum atomic E-state index is 13.0. The van der Waals surface area contributed by atoms with Crippen LogP contribution in [-0.4, -0.2) is 55.0 Å². The summed E-state index contributed by atoms with van der Waals surface area (Å²) in [5.74, 6) is -0.586. The van der Waals surface area contributed by atoms with Gasteiger partial charge in [0.05, 0.1) is 12.6 Å². The molecule has 2 aromatic carbocycles. The number of nitrogens with one attached hydrogen (secondary N) is 2. The maximum Gasteiger partial charge on any atom is 0.251 e. The number of ether oxygens (including phenoxy) is 1. The normalized spacial score (nSPS) is 15.1. The van der Waals surface area contributed by atoms with Crippen LogP contribution >= 0.6 is 11.6 Å². The first-order valence-electron chi connectivity index (χ1n) is 11.6. The topological polar surface area (TPSA) is 87.7 Å². The van der Waals surface area contributed by atoms with Gasteiger partial charge in [0.1, 0.15) is 0 Å². The highest BCUT2D eigenvalue weighted by atomic mass is 35.5. The molecule has 1 aliphatic rings. The Morgan fingerprint density at radius 3 is 2.59 bits per heavy atom. The number of hydrogen-bond acceptors (Lipinski definition) is 4. The van der Waals surface area contributed by atoms with Gasteiger partial charge in [-0.3, -0.25) is 14.4 Å². The van der Waals surface area contributed by atoms with Crippen molar-refractivity contribution in [3.05, 3.63) is 64.2 Å². The lowest BCUT2D eigenvalue weighted by molar-refractivity contribution is -0.136. The van der Waals surface area contributed by atoms with E-state index in [2.05, 4.69) is 10.6 Å². The van der Waals surface area contributed by atoms with E-state index in [0.29, 0.717) is 36.7 Å². The van der Waals surface area contributed by atoms with Crippen molar-refractivity contribution in [3.63, 3.8) is 0 Å². The van der Waals surface area contributed by atoms with Crippen LogP contribution in [0.1, 0.15) is 47.2 Å². The Bertz CT molecular complexity index is 1000. The van der Waals surface area contributed by atoms with Crippen LogP contribution in [0, 0.1) is 13.8 Å². The van der Waals surface area contributed by atoms with E-state index in [1.54, 1.807) is 29.2 Å². The summed E-state index contributed by atoms with van der Waals surface area (Å²) in [5, 5.41) is 6.30. The Labute approximate surface area is 205 Å². The first-order valence-corrected chi connectivity index (χ1v) is 12.0. The van der Waals surface area contributed by atoms with Crippen LogP contribution in [0.5, 0.6) is 0 Å². The van der Waals surface area contributed by atoms with Crippen LogP contribution in [0.2, 0.25) is 5.02 Å². The SMILES string of the molecule is Cc1cccc(NC(=O)CN(CC2CCCO2)C(=O)CCCNC(=O)c2ccc(Cl)cc2)c1C. The molecule has 1 unspecified atom stereocenters. The minimum Gasteiger partial charge on any atom is -0.376 e. The largest absolute Gasteiger partial charge is 0.376 e. The van der Waals surface area contributed by atoms with E-state index in [-0.39, 0.29) is 36.8 Å². The predicted octanol–water partition coefficient (Wildman–Crippen LogP) is 4.11. The number of carbonyl (C=O) groups excluding carboxylic acids is 3. The van der Waals surface area contributed by atoms with Crippen molar-refractivity contribution in [2.24, 2.45) is 0 Å². The molecule has 34 heavy (non-hydrogen) atoms. The minimum absolute atomic E-state index is 0.0385. The molecule has 0 radical (unpaired) electrons. The van der Waals surface area contributed by atoms with E-state index >= 15 is 0 Å². The van der Waals surface area contributed by atoms with Crippen molar-refractivity contribution in [3.8, 4) is 0 Å². The Hall–Kier alpha value is -2.90. The Morgan fingerprint density at radius 1 is 1.12 bits per heavy atom. The third kappa shape index (κ3) is 7.57. The van der Waals surface area contributed by atoms with Crippen molar-refractivity contribution < 1.29 is 19.1 Å². The third-order valence-electron chi connectivity index (χ3n) is 5.97. The molecule has 2 N–H and O–H groups in total. The van der Waals surface area contributed by atoms with Crippen LogP contribution in [0.3, 0.4) is 0 Å². The third-order valence-corrected chi connectivity index (χ3v) is 6.23.